The van der Waals surface area contributed by atoms with E-state index in [1.54, 1.807) is 0 Å². The van der Waals surface area contributed by atoms with Gasteiger partial charge in [0.15, 0.2) is 0 Å². The largest absolute Gasteiger partial charge is 0.419 e. The molecule has 0 aromatic heterocycles. The number of benzene rings is 1. The highest BCUT2D eigenvalue weighted by molar-refractivity contribution is 5.27. The Morgan fingerprint density at radius 2 is 1.93 bits per heavy atom. The van der Waals surface area contributed by atoms with Crippen molar-refractivity contribution in [3.05, 3.63) is 35.1 Å². The maximum Gasteiger partial charge on any atom is 0.419 e. The highest BCUT2D eigenvalue weighted by Crippen LogP contribution is 2.32. The fraction of sp³-hybridized carbons (Fsp3) is 0.400. The predicted octanol–water partition coefficient (Wildman–Crippen LogP) is 2.77. The Labute approximate surface area is 84.3 Å². The number of halogens is 4. The van der Waals surface area contributed by atoms with E-state index in [2.05, 4.69) is 0 Å². The van der Waals surface area contributed by atoms with E-state index in [-0.39, 0.29) is 12.0 Å². The lowest BCUT2D eigenvalue weighted by molar-refractivity contribution is -0.140. The number of aliphatic hydroxyl groups is 1. The van der Waals surface area contributed by atoms with Gasteiger partial charge in [0, 0.05) is 0 Å². The molecule has 0 bridgehead atoms. The standard InChI is InChI=1S/C10H10F4O/c1-6(15)4-7-2-3-9(11)8(5-7)10(12,13)14/h2-3,5-6,15H,4H2,1H3/t6-/m1/s1. The maximum atomic E-state index is 12.8. The Kier molecular flexibility index (Phi) is 3.34. The van der Waals surface area contributed by atoms with Crippen LogP contribution in [0.1, 0.15) is 18.1 Å². The lowest BCUT2D eigenvalue weighted by Gasteiger charge is -2.10. The molecule has 0 saturated heterocycles. The first-order valence-electron chi connectivity index (χ1n) is 4.34. The van der Waals surface area contributed by atoms with Crippen molar-refractivity contribution in [2.24, 2.45) is 0 Å². The van der Waals surface area contributed by atoms with Crippen LogP contribution in [-0.2, 0) is 12.6 Å². The number of aliphatic hydroxyl groups excluding tert-OH is 1. The second-order valence-electron chi connectivity index (χ2n) is 3.37. The monoisotopic (exact) mass is 222 g/mol. The zero-order chi connectivity index (χ0) is 11.6. The molecule has 0 unspecified atom stereocenters. The second-order valence-corrected chi connectivity index (χ2v) is 3.37. The summed E-state index contributed by atoms with van der Waals surface area (Å²) in [6.45, 7) is 1.45. The summed E-state index contributed by atoms with van der Waals surface area (Å²) in [4.78, 5) is 0. The number of rotatable bonds is 2. The summed E-state index contributed by atoms with van der Waals surface area (Å²) in [5.74, 6) is -1.29. The molecule has 84 valence electrons. The molecular formula is C10H10F4O. The SMILES string of the molecule is C[C@@H](O)Cc1ccc(F)c(C(F)(F)F)c1. The molecule has 0 aliphatic rings. The van der Waals surface area contributed by atoms with E-state index >= 15 is 0 Å². The zero-order valence-corrected chi connectivity index (χ0v) is 7.98. The fourth-order valence-electron chi connectivity index (χ4n) is 1.26. The first-order chi connectivity index (χ1) is 6.80. The van der Waals surface area contributed by atoms with Crippen molar-refractivity contribution >= 4 is 0 Å². The summed E-state index contributed by atoms with van der Waals surface area (Å²) < 4.78 is 49.6. The van der Waals surface area contributed by atoms with Crippen LogP contribution in [0.4, 0.5) is 17.6 Å². The quantitative estimate of drug-likeness (QED) is 0.763. The molecule has 1 nitrogen and oxygen atoms in total. The third-order valence-electron chi connectivity index (χ3n) is 1.87. The average molecular weight is 222 g/mol. The molecule has 1 aromatic carbocycles. The molecule has 0 saturated carbocycles. The molecule has 0 radical (unpaired) electrons. The van der Waals surface area contributed by atoms with Crippen LogP contribution in [0.25, 0.3) is 0 Å². The van der Waals surface area contributed by atoms with Crippen LogP contribution in [0.5, 0.6) is 0 Å². The second kappa shape index (κ2) is 4.18. The Balaban J connectivity index is 3.06. The Bertz CT molecular complexity index is 344. The van der Waals surface area contributed by atoms with Crippen molar-refractivity contribution in [3.63, 3.8) is 0 Å². The third kappa shape index (κ3) is 3.20. The van der Waals surface area contributed by atoms with Gasteiger partial charge in [0.2, 0.25) is 0 Å². The molecule has 1 aromatic rings. The van der Waals surface area contributed by atoms with E-state index in [0.717, 1.165) is 12.1 Å². The molecule has 0 aliphatic heterocycles. The molecule has 15 heavy (non-hydrogen) atoms. The van der Waals surface area contributed by atoms with Gasteiger partial charge in [0.05, 0.1) is 11.7 Å². The number of hydrogen-bond acceptors (Lipinski definition) is 1. The Morgan fingerprint density at radius 3 is 2.40 bits per heavy atom. The van der Waals surface area contributed by atoms with Crippen LogP contribution in [0.3, 0.4) is 0 Å². The van der Waals surface area contributed by atoms with Gasteiger partial charge in [-0.3, -0.25) is 0 Å². The summed E-state index contributed by atoms with van der Waals surface area (Å²) in [6, 6.07) is 2.72. The normalized spacial score (nSPS) is 14.0. The number of alkyl halides is 3. The van der Waals surface area contributed by atoms with Crippen LogP contribution in [-0.4, -0.2) is 11.2 Å². The van der Waals surface area contributed by atoms with E-state index in [9.17, 15) is 17.6 Å². The summed E-state index contributed by atoms with van der Waals surface area (Å²) in [6.07, 6.45) is -5.38. The molecule has 5 heteroatoms. The lowest BCUT2D eigenvalue weighted by atomic mass is 10.0. The van der Waals surface area contributed by atoms with Gasteiger partial charge in [0.25, 0.3) is 0 Å². The lowest BCUT2D eigenvalue weighted by Crippen LogP contribution is -2.11. The summed E-state index contributed by atoms with van der Waals surface area (Å²) in [5, 5.41) is 8.99. The van der Waals surface area contributed by atoms with Gasteiger partial charge in [-0.2, -0.15) is 13.2 Å². The predicted molar refractivity (Wildman–Crippen MR) is 46.8 cm³/mol. The minimum Gasteiger partial charge on any atom is -0.393 e. The zero-order valence-electron chi connectivity index (χ0n) is 7.98. The van der Waals surface area contributed by atoms with E-state index < -0.39 is 23.7 Å². The van der Waals surface area contributed by atoms with Gasteiger partial charge in [-0.15, -0.1) is 0 Å². The van der Waals surface area contributed by atoms with Crippen molar-refractivity contribution < 1.29 is 22.7 Å². The van der Waals surface area contributed by atoms with Crippen molar-refractivity contribution in [2.75, 3.05) is 0 Å². The molecule has 1 rings (SSSR count). The Hall–Kier alpha value is -1.10. The van der Waals surface area contributed by atoms with Crippen molar-refractivity contribution in [3.8, 4) is 0 Å². The smallest absolute Gasteiger partial charge is 0.393 e. The highest BCUT2D eigenvalue weighted by Gasteiger charge is 2.34. The molecule has 0 fully saturated rings. The molecular weight excluding hydrogens is 212 g/mol. The molecule has 1 atom stereocenters. The summed E-state index contributed by atoms with van der Waals surface area (Å²) in [7, 11) is 0. The van der Waals surface area contributed by atoms with Gasteiger partial charge in [0.1, 0.15) is 5.82 Å². The van der Waals surface area contributed by atoms with Crippen LogP contribution in [0.2, 0.25) is 0 Å². The minimum absolute atomic E-state index is 0.0728. The third-order valence-corrected chi connectivity index (χ3v) is 1.87. The first kappa shape index (κ1) is 12.0. The van der Waals surface area contributed by atoms with Gasteiger partial charge in [-0.05, 0) is 31.0 Å². The van der Waals surface area contributed by atoms with Crippen molar-refractivity contribution in [1.29, 1.82) is 0 Å². The van der Waals surface area contributed by atoms with E-state index in [4.69, 9.17) is 5.11 Å². The fourth-order valence-corrected chi connectivity index (χ4v) is 1.26. The van der Waals surface area contributed by atoms with Gasteiger partial charge >= 0.3 is 6.18 Å². The Morgan fingerprint density at radius 1 is 1.33 bits per heavy atom. The van der Waals surface area contributed by atoms with Crippen LogP contribution in [0, 0.1) is 5.82 Å². The van der Waals surface area contributed by atoms with E-state index in [1.165, 1.54) is 13.0 Å². The first-order valence-corrected chi connectivity index (χ1v) is 4.34. The van der Waals surface area contributed by atoms with Crippen molar-refractivity contribution in [2.45, 2.75) is 25.6 Å². The molecule has 0 aliphatic carbocycles. The van der Waals surface area contributed by atoms with Gasteiger partial charge < -0.3 is 5.11 Å². The van der Waals surface area contributed by atoms with Crippen LogP contribution >= 0.6 is 0 Å². The topological polar surface area (TPSA) is 20.2 Å². The van der Waals surface area contributed by atoms with Gasteiger partial charge in [-0.25, -0.2) is 4.39 Å². The molecule has 0 amide bonds. The van der Waals surface area contributed by atoms with Crippen LogP contribution in [0.15, 0.2) is 18.2 Å². The average Bonchev–Trinajstić information content (AvgIpc) is 2.05. The minimum atomic E-state index is -4.70. The molecule has 0 spiro atoms. The van der Waals surface area contributed by atoms with Crippen molar-refractivity contribution in [1.82, 2.24) is 0 Å². The van der Waals surface area contributed by atoms with E-state index in [0.29, 0.717) is 0 Å². The maximum absolute atomic E-state index is 12.8. The van der Waals surface area contributed by atoms with Crippen LogP contribution < -0.4 is 0 Å². The molecule has 1 N–H and O–H groups in total. The summed E-state index contributed by atoms with van der Waals surface area (Å²) >= 11 is 0. The van der Waals surface area contributed by atoms with Gasteiger partial charge in [-0.1, -0.05) is 6.07 Å². The van der Waals surface area contributed by atoms with E-state index in [1.807, 2.05) is 0 Å². The highest BCUT2D eigenvalue weighted by atomic mass is 19.4. The number of hydrogen-bond donors (Lipinski definition) is 1. The summed E-state index contributed by atoms with van der Waals surface area (Å²) in [5.41, 5.74) is -1.03. The molecule has 0 heterocycles.